The number of aromatic nitrogens is 2. The predicted octanol–water partition coefficient (Wildman–Crippen LogP) is -0.202. The summed E-state index contributed by atoms with van der Waals surface area (Å²) in [4.78, 5) is 21.6. The summed E-state index contributed by atoms with van der Waals surface area (Å²) in [5, 5.41) is 4.68. The van der Waals surface area contributed by atoms with Gasteiger partial charge >= 0.3 is 5.97 Å². The lowest BCUT2D eigenvalue weighted by atomic mass is 10.3. The van der Waals surface area contributed by atoms with Crippen molar-refractivity contribution in [2.24, 2.45) is 0 Å². The van der Waals surface area contributed by atoms with Crippen LogP contribution in [0.25, 0.3) is 0 Å². The molecule has 0 fully saturated rings. The van der Waals surface area contributed by atoms with E-state index in [0.29, 0.717) is 5.56 Å². The van der Waals surface area contributed by atoms with Crippen molar-refractivity contribution in [3.63, 3.8) is 0 Å². The smallest absolute Gasteiger partial charge is 0.356 e. The van der Waals surface area contributed by atoms with Crippen molar-refractivity contribution in [3.8, 4) is 0 Å². The molecule has 0 unspecified atom stereocenters. The molecule has 0 spiro atoms. The van der Waals surface area contributed by atoms with Crippen LogP contribution in [0.1, 0.15) is 16.1 Å². The third kappa shape index (κ3) is 1.17. The molecule has 0 amide bonds. The lowest BCUT2D eigenvalue weighted by molar-refractivity contribution is 0.0593. The van der Waals surface area contributed by atoms with E-state index >= 15 is 0 Å². The third-order valence-corrected chi connectivity index (χ3v) is 1.41. The van der Waals surface area contributed by atoms with E-state index in [1.54, 1.807) is 6.92 Å². The Hall–Kier alpha value is -1.52. The molecular weight excluding hydrogens is 148 g/mol. The lowest BCUT2D eigenvalue weighted by Crippen LogP contribution is -2.06. The Labute approximate surface area is 62.4 Å². The first-order chi connectivity index (χ1) is 5.16. The van der Waals surface area contributed by atoms with E-state index in [9.17, 15) is 9.59 Å². The van der Waals surface area contributed by atoms with Gasteiger partial charge in [0.25, 0.3) is 5.56 Å². The normalized spacial score (nSPS) is 9.64. The van der Waals surface area contributed by atoms with Gasteiger partial charge in [0.2, 0.25) is 0 Å². The number of ether oxygens (including phenoxy) is 1. The molecule has 2 N–H and O–H groups in total. The molecule has 5 heteroatoms. The van der Waals surface area contributed by atoms with E-state index < -0.39 is 5.97 Å². The van der Waals surface area contributed by atoms with Gasteiger partial charge in [-0.05, 0) is 6.92 Å². The molecule has 0 aliphatic rings. The van der Waals surface area contributed by atoms with Gasteiger partial charge < -0.3 is 4.74 Å². The summed E-state index contributed by atoms with van der Waals surface area (Å²) < 4.78 is 4.40. The van der Waals surface area contributed by atoms with Crippen molar-refractivity contribution < 1.29 is 9.53 Å². The first kappa shape index (κ1) is 7.59. The summed E-state index contributed by atoms with van der Waals surface area (Å²) >= 11 is 0. The maximum absolute atomic E-state index is 10.8. The van der Waals surface area contributed by atoms with Gasteiger partial charge in [-0.2, -0.15) is 0 Å². The highest BCUT2D eigenvalue weighted by Crippen LogP contribution is 1.97. The average molecular weight is 156 g/mol. The van der Waals surface area contributed by atoms with Crippen LogP contribution in [0, 0.1) is 6.92 Å². The molecule has 0 aromatic carbocycles. The van der Waals surface area contributed by atoms with E-state index in [2.05, 4.69) is 14.9 Å². The van der Waals surface area contributed by atoms with Crippen molar-refractivity contribution in [2.45, 2.75) is 6.92 Å². The van der Waals surface area contributed by atoms with E-state index in [-0.39, 0.29) is 11.3 Å². The van der Waals surface area contributed by atoms with Crippen LogP contribution in [0.4, 0.5) is 0 Å². The van der Waals surface area contributed by atoms with Crippen molar-refractivity contribution in [1.29, 1.82) is 0 Å². The van der Waals surface area contributed by atoms with Crippen LogP contribution >= 0.6 is 0 Å². The number of carbonyl (C=O) groups excluding carboxylic acids is 1. The van der Waals surface area contributed by atoms with Gasteiger partial charge in [0, 0.05) is 5.56 Å². The molecule has 60 valence electrons. The van der Waals surface area contributed by atoms with Gasteiger partial charge in [-0.15, -0.1) is 0 Å². The minimum Gasteiger partial charge on any atom is -0.464 e. The number of rotatable bonds is 1. The van der Waals surface area contributed by atoms with Crippen LogP contribution in [0.5, 0.6) is 0 Å². The quantitative estimate of drug-likeness (QED) is 0.553. The Morgan fingerprint density at radius 1 is 1.45 bits per heavy atom. The number of carbonyl (C=O) groups is 1. The first-order valence-corrected chi connectivity index (χ1v) is 3.02. The number of hydrogen-bond acceptors (Lipinski definition) is 3. The number of aromatic amines is 2. The van der Waals surface area contributed by atoms with Crippen LogP contribution in [-0.4, -0.2) is 23.3 Å². The predicted molar refractivity (Wildman–Crippen MR) is 37.5 cm³/mol. The second-order valence-corrected chi connectivity index (χ2v) is 2.07. The van der Waals surface area contributed by atoms with E-state index in [0.717, 1.165) is 0 Å². The van der Waals surface area contributed by atoms with Crippen LogP contribution in [0.15, 0.2) is 4.79 Å². The highest BCUT2D eigenvalue weighted by molar-refractivity contribution is 5.88. The van der Waals surface area contributed by atoms with Gasteiger partial charge in [0.05, 0.1) is 7.11 Å². The van der Waals surface area contributed by atoms with Crippen LogP contribution in [0.2, 0.25) is 0 Å². The van der Waals surface area contributed by atoms with Crippen LogP contribution in [0.3, 0.4) is 0 Å². The highest BCUT2D eigenvalue weighted by atomic mass is 16.5. The van der Waals surface area contributed by atoms with Gasteiger partial charge in [-0.25, -0.2) is 4.79 Å². The Balaban J connectivity index is 3.15. The molecule has 0 radical (unpaired) electrons. The lowest BCUT2D eigenvalue weighted by Gasteiger charge is -1.93. The summed E-state index contributed by atoms with van der Waals surface area (Å²) in [7, 11) is 1.26. The third-order valence-electron chi connectivity index (χ3n) is 1.41. The van der Waals surface area contributed by atoms with Gasteiger partial charge in [-0.1, -0.05) is 0 Å². The fourth-order valence-electron chi connectivity index (χ4n) is 0.726. The van der Waals surface area contributed by atoms with Gasteiger partial charge in [-0.3, -0.25) is 15.0 Å². The number of nitrogens with one attached hydrogen (secondary N) is 2. The summed E-state index contributed by atoms with van der Waals surface area (Å²) in [6.07, 6.45) is 0. The molecule has 0 saturated heterocycles. The van der Waals surface area contributed by atoms with Gasteiger partial charge in [0.15, 0.2) is 0 Å². The van der Waals surface area contributed by atoms with Crippen molar-refractivity contribution in [2.75, 3.05) is 7.11 Å². The zero-order chi connectivity index (χ0) is 8.43. The largest absolute Gasteiger partial charge is 0.464 e. The van der Waals surface area contributed by atoms with Gasteiger partial charge in [0.1, 0.15) is 5.69 Å². The molecule has 0 aliphatic heterocycles. The zero-order valence-corrected chi connectivity index (χ0v) is 6.22. The Morgan fingerprint density at radius 2 is 2.09 bits per heavy atom. The fourth-order valence-corrected chi connectivity index (χ4v) is 0.726. The Bertz CT molecular complexity index is 323. The maximum atomic E-state index is 10.8. The SMILES string of the molecule is COC(=O)c1[nH][nH]c(=O)c1C. The molecule has 0 aliphatic carbocycles. The summed E-state index contributed by atoms with van der Waals surface area (Å²) in [6.45, 7) is 1.54. The molecular formula is C6H8N2O3. The number of H-pyrrole nitrogens is 2. The maximum Gasteiger partial charge on any atom is 0.356 e. The average Bonchev–Trinajstić information content (AvgIpc) is 2.32. The molecule has 5 nitrogen and oxygen atoms in total. The molecule has 0 bridgehead atoms. The molecule has 1 heterocycles. The summed E-state index contributed by atoms with van der Waals surface area (Å²) in [5.41, 5.74) is 0.222. The van der Waals surface area contributed by atoms with E-state index in [1.807, 2.05) is 0 Å². The molecule has 0 saturated carbocycles. The summed E-state index contributed by atoms with van der Waals surface area (Å²) in [5.74, 6) is -0.541. The van der Waals surface area contributed by atoms with Crippen molar-refractivity contribution in [3.05, 3.63) is 21.6 Å². The summed E-state index contributed by atoms with van der Waals surface area (Å²) in [6, 6.07) is 0. The topological polar surface area (TPSA) is 75.0 Å². The molecule has 11 heavy (non-hydrogen) atoms. The Morgan fingerprint density at radius 3 is 2.45 bits per heavy atom. The van der Waals surface area contributed by atoms with Crippen molar-refractivity contribution in [1.82, 2.24) is 10.2 Å². The zero-order valence-electron chi connectivity index (χ0n) is 6.22. The Kier molecular flexibility index (Phi) is 1.80. The minimum atomic E-state index is -0.541. The van der Waals surface area contributed by atoms with E-state index in [4.69, 9.17) is 0 Å². The van der Waals surface area contributed by atoms with Crippen molar-refractivity contribution >= 4 is 5.97 Å². The molecule has 1 aromatic heterocycles. The van der Waals surface area contributed by atoms with Crippen LogP contribution < -0.4 is 5.56 Å². The second-order valence-electron chi connectivity index (χ2n) is 2.07. The monoisotopic (exact) mass is 156 g/mol. The fraction of sp³-hybridized carbons (Fsp3) is 0.333. The number of methoxy groups -OCH3 is 1. The standard InChI is InChI=1S/C6H8N2O3/c1-3-4(6(10)11-2)7-8-5(3)9/h1-2H3,(H2,7,8,9). The molecule has 0 atom stereocenters. The molecule has 1 rings (SSSR count). The number of hydrogen-bond donors (Lipinski definition) is 2. The van der Waals surface area contributed by atoms with E-state index in [1.165, 1.54) is 7.11 Å². The molecule has 1 aromatic rings. The first-order valence-electron chi connectivity index (χ1n) is 3.02. The van der Waals surface area contributed by atoms with Crippen LogP contribution in [-0.2, 0) is 4.74 Å². The highest BCUT2D eigenvalue weighted by Gasteiger charge is 2.12. The minimum absolute atomic E-state index is 0.178. The second kappa shape index (κ2) is 2.61. The number of esters is 1.